The minimum atomic E-state index is -1.24. The van der Waals surface area contributed by atoms with Crippen LogP contribution in [0.15, 0.2) is 36.4 Å². The lowest BCUT2D eigenvalue weighted by molar-refractivity contribution is 0.0697. The number of hydrogen-bond donors (Lipinski definition) is 1. The Balaban J connectivity index is 2.82. The molecule has 0 radical (unpaired) electrons. The van der Waals surface area contributed by atoms with Crippen LogP contribution in [-0.2, 0) is 0 Å². The first kappa shape index (κ1) is 12.9. The van der Waals surface area contributed by atoms with Gasteiger partial charge in [0.1, 0.15) is 5.82 Å². The van der Waals surface area contributed by atoms with Crippen LogP contribution < -0.4 is 0 Å². The number of benzene rings is 2. The van der Waals surface area contributed by atoms with Crippen molar-refractivity contribution in [1.82, 2.24) is 0 Å². The monoisotopic (exact) mass is 284 g/mol. The molecule has 18 heavy (non-hydrogen) atoms. The summed E-state index contributed by atoms with van der Waals surface area (Å²) in [6.07, 6.45) is 0. The van der Waals surface area contributed by atoms with Gasteiger partial charge in [0.15, 0.2) is 0 Å². The van der Waals surface area contributed by atoms with Crippen LogP contribution in [0.3, 0.4) is 0 Å². The van der Waals surface area contributed by atoms with Crippen molar-refractivity contribution in [1.29, 1.82) is 0 Å². The second-order valence-corrected chi connectivity index (χ2v) is 4.38. The van der Waals surface area contributed by atoms with Crippen LogP contribution >= 0.6 is 23.2 Å². The van der Waals surface area contributed by atoms with Gasteiger partial charge in [-0.3, -0.25) is 0 Å². The standard InChI is InChI=1S/C13H7Cl2FO2/c14-8-4-2-5-9(15)12(8)11-7(13(17)18)3-1-6-10(11)16/h1-6H,(H,17,18). The molecule has 0 saturated heterocycles. The number of carbonyl (C=O) groups is 1. The fourth-order valence-corrected chi connectivity index (χ4v) is 2.28. The van der Waals surface area contributed by atoms with Crippen molar-refractivity contribution in [3.05, 3.63) is 57.8 Å². The molecule has 0 atom stereocenters. The summed E-state index contributed by atoms with van der Waals surface area (Å²) in [6.45, 7) is 0. The normalized spacial score (nSPS) is 10.4. The zero-order valence-electron chi connectivity index (χ0n) is 8.95. The average molecular weight is 285 g/mol. The van der Waals surface area contributed by atoms with Gasteiger partial charge in [0, 0.05) is 11.1 Å². The Morgan fingerprint density at radius 1 is 1.00 bits per heavy atom. The van der Waals surface area contributed by atoms with E-state index in [9.17, 15) is 9.18 Å². The van der Waals surface area contributed by atoms with Crippen LogP contribution in [0.2, 0.25) is 10.0 Å². The van der Waals surface area contributed by atoms with Crippen LogP contribution in [0.5, 0.6) is 0 Å². The third-order valence-electron chi connectivity index (χ3n) is 2.46. The topological polar surface area (TPSA) is 37.3 Å². The summed E-state index contributed by atoms with van der Waals surface area (Å²) in [5.41, 5.74) is -0.0815. The molecule has 0 bridgehead atoms. The molecular formula is C13H7Cl2FO2. The number of aromatic carboxylic acids is 1. The predicted molar refractivity (Wildman–Crippen MR) is 68.8 cm³/mol. The summed E-state index contributed by atoms with van der Waals surface area (Å²) < 4.78 is 13.9. The second kappa shape index (κ2) is 4.96. The largest absolute Gasteiger partial charge is 0.478 e. The lowest BCUT2D eigenvalue weighted by atomic mass is 9.99. The lowest BCUT2D eigenvalue weighted by Crippen LogP contribution is -2.02. The highest BCUT2D eigenvalue weighted by Crippen LogP contribution is 2.37. The summed E-state index contributed by atoms with van der Waals surface area (Å²) in [4.78, 5) is 11.1. The molecule has 0 fully saturated rings. The SMILES string of the molecule is O=C(O)c1cccc(F)c1-c1c(Cl)cccc1Cl. The maximum Gasteiger partial charge on any atom is 0.336 e. The molecule has 2 aromatic rings. The molecule has 92 valence electrons. The molecule has 0 aliphatic heterocycles. The van der Waals surface area contributed by atoms with Gasteiger partial charge in [-0.25, -0.2) is 9.18 Å². The molecule has 0 heterocycles. The van der Waals surface area contributed by atoms with Crippen LogP contribution in [0.1, 0.15) is 10.4 Å². The molecule has 0 aliphatic carbocycles. The van der Waals surface area contributed by atoms with Gasteiger partial charge in [-0.15, -0.1) is 0 Å². The van der Waals surface area contributed by atoms with Gasteiger partial charge in [-0.1, -0.05) is 35.3 Å². The van der Waals surface area contributed by atoms with Gasteiger partial charge in [0.05, 0.1) is 15.6 Å². The lowest BCUT2D eigenvalue weighted by Gasteiger charge is -2.11. The van der Waals surface area contributed by atoms with Gasteiger partial charge in [-0.05, 0) is 24.3 Å². The number of hydrogen-bond acceptors (Lipinski definition) is 1. The summed E-state index contributed by atoms with van der Waals surface area (Å²) in [6, 6.07) is 8.46. The van der Waals surface area contributed by atoms with Gasteiger partial charge >= 0.3 is 5.97 Å². The van der Waals surface area contributed by atoms with E-state index in [0.29, 0.717) is 0 Å². The predicted octanol–water partition coefficient (Wildman–Crippen LogP) is 4.50. The Morgan fingerprint density at radius 3 is 2.11 bits per heavy atom. The summed E-state index contributed by atoms with van der Waals surface area (Å²) in [5, 5.41) is 9.49. The highest BCUT2D eigenvalue weighted by molar-refractivity contribution is 6.39. The summed E-state index contributed by atoms with van der Waals surface area (Å²) in [7, 11) is 0. The first-order valence-electron chi connectivity index (χ1n) is 4.98. The molecular weight excluding hydrogens is 278 g/mol. The van der Waals surface area contributed by atoms with Crippen molar-refractivity contribution in [3.63, 3.8) is 0 Å². The molecule has 5 heteroatoms. The molecule has 0 amide bonds. The molecule has 2 nitrogen and oxygen atoms in total. The minimum absolute atomic E-state index is 0.0967. The third kappa shape index (κ3) is 2.19. The van der Waals surface area contributed by atoms with Crippen molar-refractivity contribution in [2.45, 2.75) is 0 Å². The first-order chi connectivity index (χ1) is 8.52. The molecule has 0 spiro atoms. The first-order valence-corrected chi connectivity index (χ1v) is 5.74. The van der Waals surface area contributed by atoms with Crippen LogP contribution in [0.4, 0.5) is 4.39 Å². The summed E-state index contributed by atoms with van der Waals surface area (Å²) >= 11 is 11.9. The highest BCUT2D eigenvalue weighted by atomic mass is 35.5. The van der Waals surface area contributed by atoms with E-state index in [4.69, 9.17) is 28.3 Å². The van der Waals surface area contributed by atoms with E-state index < -0.39 is 11.8 Å². The Morgan fingerprint density at radius 2 is 1.56 bits per heavy atom. The van der Waals surface area contributed by atoms with E-state index in [1.54, 1.807) is 6.07 Å². The molecule has 0 saturated carbocycles. The number of halogens is 3. The second-order valence-electron chi connectivity index (χ2n) is 3.56. The Hall–Kier alpha value is -1.58. The zero-order valence-corrected chi connectivity index (χ0v) is 10.5. The fourth-order valence-electron chi connectivity index (χ4n) is 1.69. The molecule has 2 rings (SSSR count). The smallest absolute Gasteiger partial charge is 0.336 e. The molecule has 2 aromatic carbocycles. The Bertz CT molecular complexity index is 606. The van der Waals surface area contributed by atoms with E-state index in [1.165, 1.54) is 30.3 Å². The van der Waals surface area contributed by atoms with Gasteiger partial charge in [-0.2, -0.15) is 0 Å². The quantitative estimate of drug-likeness (QED) is 0.882. The van der Waals surface area contributed by atoms with Gasteiger partial charge in [0.2, 0.25) is 0 Å². The van der Waals surface area contributed by atoms with Crippen LogP contribution in [0.25, 0.3) is 11.1 Å². The maximum absolute atomic E-state index is 13.9. The molecule has 0 aliphatic rings. The highest BCUT2D eigenvalue weighted by Gasteiger charge is 2.20. The van der Waals surface area contributed by atoms with E-state index in [2.05, 4.69) is 0 Å². The maximum atomic E-state index is 13.9. The van der Waals surface area contributed by atoms with Crippen LogP contribution in [0, 0.1) is 5.82 Å². The molecule has 0 unspecified atom stereocenters. The van der Waals surface area contributed by atoms with Gasteiger partial charge in [0.25, 0.3) is 0 Å². The van der Waals surface area contributed by atoms with E-state index in [-0.39, 0.29) is 26.7 Å². The average Bonchev–Trinajstić information content (AvgIpc) is 2.30. The Labute approximate surface area is 113 Å². The minimum Gasteiger partial charge on any atom is -0.478 e. The van der Waals surface area contributed by atoms with Crippen molar-refractivity contribution >= 4 is 29.2 Å². The van der Waals surface area contributed by atoms with Crippen molar-refractivity contribution in [2.75, 3.05) is 0 Å². The number of rotatable bonds is 2. The van der Waals surface area contributed by atoms with E-state index in [0.717, 1.165) is 0 Å². The summed E-state index contributed by atoms with van der Waals surface area (Å²) in [5.74, 6) is -1.91. The number of carboxylic acid groups (broad SMARTS) is 1. The molecule has 1 N–H and O–H groups in total. The van der Waals surface area contributed by atoms with Crippen molar-refractivity contribution < 1.29 is 14.3 Å². The fraction of sp³-hybridized carbons (Fsp3) is 0. The number of carboxylic acids is 1. The third-order valence-corrected chi connectivity index (χ3v) is 3.09. The van der Waals surface area contributed by atoms with E-state index in [1.807, 2.05) is 0 Å². The van der Waals surface area contributed by atoms with E-state index >= 15 is 0 Å². The van der Waals surface area contributed by atoms with Crippen LogP contribution in [-0.4, -0.2) is 11.1 Å². The molecule has 0 aromatic heterocycles. The Kier molecular flexibility index (Phi) is 3.55. The van der Waals surface area contributed by atoms with Crippen molar-refractivity contribution in [3.8, 4) is 11.1 Å². The zero-order chi connectivity index (χ0) is 13.3. The van der Waals surface area contributed by atoms with Crippen molar-refractivity contribution in [2.24, 2.45) is 0 Å². The van der Waals surface area contributed by atoms with Gasteiger partial charge < -0.3 is 5.11 Å².